The van der Waals surface area contributed by atoms with Gasteiger partial charge in [-0.25, -0.2) is 9.65 Å². The second-order valence-electron chi connectivity index (χ2n) is 14.1. The molecule has 7 rings (SSSR count). The quantitative estimate of drug-likeness (QED) is 0.203. The summed E-state index contributed by atoms with van der Waals surface area (Å²) in [4.78, 5) is 45.4. The number of esters is 1. The molecule has 4 bridgehead atoms. The fourth-order valence-corrected chi connectivity index (χ4v) is 9.91. The molecule has 47 heavy (non-hydrogen) atoms. The predicted molar refractivity (Wildman–Crippen MR) is 175 cm³/mol. The molecule has 4 unspecified atom stereocenters. The summed E-state index contributed by atoms with van der Waals surface area (Å²) in [6, 6.07) is 8.39. The Bertz CT molecular complexity index is 1270. The van der Waals surface area contributed by atoms with E-state index >= 15 is 4.57 Å². The Morgan fingerprint density at radius 3 is 1.79 bits per heavy atom. The average Bonchev–Trinajstić information content (AvgIpc) is 3.03. The number of ether oxygens (including phenoxy) is 3. The molecule has 1 aromatic carbocycles. The Balaban J connectivity index is 1.48. The van der Waals surface area contributed by atoms with Crippen molar-refractivity contribution in [2.75, 3.05) is 53.7 Å². The molecule has 262 valence electrons. The molecule has 0 saturated carbocycles. The Hall–Kier alpha value is -2.02. The van der Waals surface area contributed by atoms with Crippen LogP contribution in [0.2, 0.25) is 0 Å². The van der Waals surface area contributed by atoms with E-state index in [2.05, 4.69) is 28.7 Å². The van der Waals surface area contributed by atoms with Crippen molar-refractivity contribution in [2.45, 2.75) is 95.1 Å². The Morgan fingerprint density at radius 2 is 1.36 bits per heavy atom. The zero-order chi connectivity index (χ0) is 34.0. The topological polar surface area (TPSA) is 133 Å². The number of Topliss-reactive ketones (excluding diaryl/α,β-unsaturated/α-hetero) is 2. The molecular weight excluding hydrogens is 625 g/mol. The van der Waals surface area contributed by atoms with Crippen molar-refractivity contribution in [3.63, 3.8) is 0 Å². The summed E-state index contributed by atoms with van der Waals surface area (Å²) >= 11 is 0. The van der Waals surface area contributed by atoms with Crippen molar-refractivity contribution < 1.29 is 42.2 Å². The van der Waals surface area contributed by atoms with E-state index in [0.717, 1.165) is 31.2 Å². The fourth-order valence-electron chi connectivity index (χ4n) is 8.34. The third-order valence-corrected chi connectivity index (χ3v) is 12.0. The zero-order valence-corrected chi connectivity index (χ0v) is 29.5. The van der Waals surface area contributed by atoms with Crippen LogP contribution in [0.5, 0.6) is 0 Å². The highest BCUT2D eigenvalue weighted by Crippen LogP contribution is 2.50. The van der Waals surface area contributed by atoms with Gasteiger partial charge >= 0.3 is 13.7 Å². The lowest BCUT2D eigenvalue weighted by molar-refractivity contribution is -0.165. The molecule has 12 nitrogen and oxygen atoms in total. The van der Waals surface area contributed by atoms with Crippen molar-refractivity contribution >= 4 is 25.3 Å². The molecule has 0 amide bonds. The number of nitrogens with one attached hydrogen (secondary N) is 1. The number of hydrogen-bond donors (Lipinski definition) is 1. The van der Waals surface area contributed by atoms with Crippen molar-refractivity contribution in [2.24, 2.45) is 11.8 Å². The van der Waals surface area contributed by atoms with E-state index in [0.29, 0.717) is 13.1 Å². The van der Waals surface area contributed by atoms with Gasteiger partial charge in [-0.15, -0.1) is 0 Å². The van der Waals surface area contributed by atoms with Crippen LogP contribution in [0.25, 0.3) is 0 Å². The molecule has 6 saturated heterocycles. The average molecular weight is 678 g/mol. The molecule has 0 radical (unpaired) electrons. The van der Waals surface area contributed by atoms with Crippen molar-refractivity contribution in [3.05, 3.63) is 35.9 Å². The van der Waals surface area contributed by atoms with Crippen LogP contribution in [0.1, 0.15) is 58.9 Å². The van der Waals surface area contributed by atoms with E-state index in [1.807, 2.05) is 30.3 Å². The molecule has 6 fully saturated rings. The Kier molecular flexibility index (Phi) is 11.5. The first-order chi connectivity index (χ1) is 22.4. The highest BCUT2D eigenvalue weighted by Gasteiger charge is 2.59. The van der Waals surface area contributed by atoms with Gasteiger partial charge in [0, 0.05) is 51.2 Å². The summed E-state index contributed by atoms with van der Waals surface area (Å²) in [5, 5.41) is 2.92. The molecule has 6 aliphatic rings. The van der Waals surface area contributed by atoms with Crippen molar-refractivity contribution in [3.8, 4) is 0 Å². The minimum atomic E-state index is -4.43. The monoisotopic (exact) mass is 677 g/mol. The number of carbonyl (C=O) groups is 3. The summed E-state index contributed by atoms with van der Waals surface area (Å²) in [5.74, 6) is -0.936. The maximum absolute atomic E-state index is 15.1. The molecule has 1 aromatic rings. The SMILES string of the molecule is COC[C@]1(COP(=O)(N[C@@H](Cc2ccccc2)C(=O)OC(C)C)OC[C@@]2(COC)C(=O)[C@H]3CCN2[C@H](C)C3)C(=O)C2CCN1[C@H](C)C2. The van der Waals surface area contributed by atoms with Gasteiger partial charge in [0.2, 0.25) is 0 Å². The normalized spacial score (nSPS) is 35.2. The first-order valence-electron chi connectivity index (χ1n) is 16.9. The zero-order valence-electron chi connectivity index (χ0n) is 28.6. The number of methoxy groups -OCH3 is 2. The summed E-state index contributed by atoms with van der Waals surface area (Å²) in [5.41, 5.74) is -1.54. The number of rotatable bonds is 16. The van der Waals surface area contributed by atoms with E-state index < -0.39 is 36.9 Å². The smallest absolute Gasteiger partial charge is 0.406 e. The lowest BCUT2D eigenvalue weighted by Gasteiger charge is -2.56. The van der Waals surface area contributed by atoms with Crippen LogP contribution in [-0.4, -0.2) is 116 Å². The molecule has 0 aromatic heterocycles. The van der Waals surface area contributed by atoms with E-state index in [1.165, 1.54) is 14.2 Å². The Morgan fingerprint density at radius 1 is 0.872 bits per heavy atom. The van der Waals surface area contributed by atoms with Crippen LogP contribution in [0.15, 0.2) is 30.3 Å². The van der Waals surface area contributed by atoms with Gasteiger partial charge < -0.3 is 14.2 Å². The highest BCUT2D eigenvalue weighted by molar-refractivity contribution is 7.51. The molecule has 6 aliphatic heterocycles. The predicted octanol–water partition coefficient (Wildman–Crippen LogP) is 3.42. The molecule has 0 spiro atoms. The standard InChI is InChI=1S/C34H52N3O9P/c1-23(2)46-32(40)29(18-26-10-8-7-9-11-26)35-47(41,44-21-33(19-42-5)30(38)27-12-14-36(33)24(3)16-27)45-22-34(20-43-6)31(39)28-13-15-37(34)25(4)17-28/h7-11,23-25,27-29H,12-22H2,1-6H3,(H,35,41)/t24-,25-,27+,28?,29+,33+,34+,47?/m1/s1. The first kappa shape index (κ1) is 36.3. The van der Waals surface area contributed by atoms with Crippen LogP contribution in [-0.2, 0) is 48.6 Å². The highest BCUT2D eigenvalue weighted by atomic mass is 31.2. The number of carbonyl (C=O) groups excluding carboxylic acids is 3. The summed E-state index contributed by atoms with van der Waals surface area (Å²) in [6.45, 7) is 8.53. The van der Waals surface area contributed by atoms with E-state index in [9.17, 15) is 14.4 Å². The number of nitrogens with zero attached hydrogens (tertiary/aromatic N) is 2. The molecule has 13 heteroatoms. The van der Waals surface area contributed by atoms with Gasteiger partial charge in [-0.2, -0.15) is 0 Å². The maximum Gasteiger partial charge on any atom is 0.406 e. The van der Waals surface area contributed by atoms with Gasteiger partial charge in [-0.1, -0.05) is 30.3 Å². The maximum atomic E-state index is 15.1. The van der Waals surface area contributed by atoms with Gasteiger partial charge in [-0.3, -0.25) is 33.2 Å². The number of fused-ring (bicyclic) bond motifs is 6. The summed E-state index contributed by atoms with van der Waals surface area (Å²) < 4.78 is 44.4. The third kappa shape index (κ3) is 7.31. The van der Waals surface area contributed by atoms with Crippen molar-refractivity contribution in [1.29, 1.82) is 0 Å². The first-order valence-corrected chi connectivity index (χ1v) is 18.4. The fraction of sp³-hybridized carbons (Fsp3) is 0.735. The van der Waals surface area contributed by atoms with E-state index in [-0.39, 0.29) is 68.3 Å². The van der Waals surface area contributed by atoms with Gasteiger partial charge in [0.1, 0.15) is 17.1 Å². The summed E-state index contributed by atoms with van der Waals surface area (Å²) in [6.07, 6.45) is 2.70. The minimum absolute atomic E-state index is 0.00846. The molecule has 1 N–H and O–H groups in total. The van der Waals surface area contributed by atoms with Crippen LogP contribution >= 0.6 is 7.75 Å². The van der Waals surface area contributed by atoms with Crippen LogP contribution in [0.4, 0.5) is 0 Å². The number of ketones is 2. The van der Waals surface area contributed by atoms with Crippen LogP contribution in [0.3, 0.4) is 0 Å². The van der Waals surface area contributed by atoms with Crippen LogP contribution in [0, 0.1) is 11.8 Å². The lowest BCUT2D eigenvalue weighted by atomic mass is 9.71. The second-order valence-corrected chi connectivity index (χ2v) is 15.9. The van der Waals surface area contributed by atoms with Crippen LogP contribution < -0.4 is 5.09 Å². The molecule has 10 atom stereocenters. The molecular formula is C34H52N3O9P. The second kappa shape index (κ2) is 14.8. The van der Waals surface area contributed by atoms with Gasteiger partial charge in [0.15, 0.2) is 11.6 Å². The third-order valence-electron chi connectivity index (χ3n) is 10.5. The minimum Gasteiger partial charge on any atom is -0.462 e. The largest absolute Gasteiger partial charge is 0.462 e. The summed E-state index contributed by atoms with van der Waals surface area (Å²) in [7, 11) is -1.37. The van der Waals surface area contributed by atoms with Gasteiger partial charge in [0.05, 0.1) is 32.5 Å². The Labute approximate surface area is 278 Å². The number of hydrogen-bond acceptors (Lipinski definition) is 11. The van der Waals surface area contributed by atoms with E-state index in [4.69, 9.17) is 23.3 Å². The van der Waals surface area contributed by atoms with Gasteiger partial charge in [0.25, 0.3) is 0 Å². The molecule has 0 aliphatic carbocycles. The molecule has 6 heterocycles. The van der Waals surface area contributed by atoms with Crippen molar-refractivity contribution in [1.82, 2.24) is 14.9 Å². The number of benzene rings is 1. The lowest BCUT2D eigenvalue weighted by Crippen LogP contribution is -2.72. The number of piperidine rings is 6. The van der Waals surface area contributed by atoms with E-state index in [1.54, 1.807) is 13.8 Å². The van der Waals surface area contributed by atoms with Gasteiger partial charge in [-0.05, 0) is 65.4 Å².